The van der Waals surface area contributed by atoms with E-state index >= 15 is 0 Å². The Balaban J connectivity index is 2.09. The fraction of sp³-hybridized carbons (Fsp3) is 0.111. The van der Waals surface area contributed by atoms with E-state index in [1.165, 1.54) is 0 Å². The van der Waals surface area contributed by atoms with Gasteiger partial charge in [0, 0.05) is 23.6 Å². The Kier molecular flexibility index (Phi) is 3.30. The van der Waals surface area contributed by atoms with E-state index in [0.717, 1.165) is 27.6 Å². The first-order valence-electron chi connectivity index (χ1n) is 6.77. The van der Waals surface area contributed by atoms with E-state index in [1.54, 1.807) is 6.20 Å². The van der Waals surface area contributed by atoms with Gasteiger partial charge in [0.05, 0.1) is 5.52 Å². The molecule has 0 aliphatic carbocycles. The molecule has 0 spiro atoms. The quantitative estimate of drug-likeness (QED) is 0.650. The fourth-order valence-corrected chi connectivity index (χ4v) is 2.39. The van der Waals surface area contributed by atoms with Gasteiger partial charge in [0.2, 0.25) is 0 Å². The lowest BCUT2D eigenvalue weighted by Crippen LogP contribution is -1.95. The van der Waals surface area contributed by atoms with Gasteiger partial charge in [-0.25, -0.2) is 0 Å². The van der Waals surface area contributed by atoms with E-state index in [-0.39, 0.29) is 5.78 Å². The third-order valence-corrected chi connectivity index (χ3v) is 3.48. The molecule has 0 saturated heterocycles. The van der Waals surface area contributed by atoms with E-state index in [4.69, 9.17) is 0 Å². The van der Waals surface area contributed by atoms with Gasteiger partial charge in [-0.2, -0.15) is 0 Å². The third-order valence-electron chi connectivity index (χ3n) is 3.48. The number of nitrogens with zero attached hydrogens (tertiary/aromatic N) is 1. The highest BCUT2D eigenvalue weighted by Gasteiger charge is 2.06. The average molecular weight is 261 g/mol. The molecule has 1 aromatic heterocycles. The van der Waals surface area contributed by atoms with E-state index in [9.17, 15) is 4.79 Å². The minimum atomic E-state index is 0.177. The summed E-state index contributed by atoms with van der Waals surface area (Å²) in [7, 11) is 0. The minimum Gasteiger partial charge on any atom is -0.294 e. The van der Waals surface area contributed by atoms with Crippen LogP contribution in [0.5, 0.6) is 0 Å². The van der Waals surface area contributed by atoms with Crippen LogP contribution in [0.25, 0.3) is 22.0 Å². The summed E-state index contributed by atoms with van der Waals surface area (Å²) in [6.07, 6.45) is 2.34. The van der Waals surface area contributed by atoms with Crippen molar-refractivity contribution in [1.82, 2.24) is 4.98 Å². The first-order chi connectivity index (χ1) is 9.79. The van der Waals surface area contributed by atoms with E-state index in [2.05, 4.69) is 17.1 Å². The number of carbonyl (C=O) groups excluding carboxylic acids is 1. The summed E-state index contributed by atoms with van der Waals surface area (Å²) in [6, 6.07) is 17.9. The summed E-state index contributed by atoms with van der Waals surface area (Å²) in [5.41, 5.74) is 4.01. The Hall–Kier alpha value is -2.48. The summed E-state index contributed by atoms with van der Waals surface area (Å²) in [6.45, 7) is 1.88. The number of rotatable bonds is 3. The molecule has 2 aromatic carbocycles. The smallest absolute Gasteiger partial charge is 0.162 e. The van der Waals surface area contributed by atoms with Crippen LogP contribution in [0.1, 0.15) is 23.7 Å². The van der Waals surface area contributed by atoms with Gasteiger partial charge in [0.25, 0.3) is 0 Å². The van der Waals surface area contributed by atoms with Crippen LogP contribution in [-0.4, -0.2) is 10.8 Å². The number of Topliss-reactive ketones (excluding diaryl/α,β-unsaturated/α-hetero) is 1. The van der Waals surface area contributed by atoms with Crippen LogP contribution in [-0.2, 0) is 0 Å². The molecule has 3 rings (SSSR count). The van der Waals surface area contributed by atoms with Gasteiger partial charge in [-0.05, 0) is 23.3 Å². The highest BCUT2D eigenvalue weighted by Crippen LogP contribution is 2.27. The third kappa shape index (κ3) is 2.21. The molecular formula is C18H15NO. The summed E-state index contributed by atoms with van der Waals surface area (Å²) in [5, 5.41) is 1.13. The standard InChI is InChI=1S/C18H15NO/c1-2-18(20)14-10-8-13(9-11-14)15-5-3-7-17-16(15)6-4-12-19-17/h3-12H,2H2,1H3. The van der Waals surface area contributed by atoms with Gasteiger partial charge < -0.3 is 0 Å². The molecular weight excluding hydrogens is 246 g/mol. The van der Waals surface area contributed by atoms with Crippen molar-refractivity contribution in [2.45, 2.75) is 13.3 Å². The number of aromatic nitrogens is 1. The van der Waals surface area contributed by atoms with Gasteiger partial charge in [-0.3, -0.25) is 9.78 Å². The predicted molar refractivity (Wildman–Crippen MR) is 81.8 cm³/mol. The van der Waals surface area contributed by atoms with Crippen LogP contribution >= 0.6 is 0 Å². The van der Waals surface area contributed by atoms with Crippen molar-refractivity contribution in [3.63, 3.8) is 0 Å². The molecule has 0 radical (unpaired) electrons. The van der Waals surface area contributed by atoms with E-state index in [0.29, 0.717) is 6.42 Å². The lowest BCUT2D eigenvalue weighted by molar-refractivity contribution is 0.0988. The lowest BCUT2D eigenvalue weighted by Gasteiger charge is -2.07. The summed E-state index contributed by atoms with van der Waals surface area (Å²) in [5.74, 6) is 0.177. The Morgan fingerprint density at radius 1 is 1.00 bits per heavy atom. The van der Waals surface area contributed by atoms with Crippen molar-refractivity contribution in [2.75, 3.05) is 0 Å². The van der Waals surface area contributed by atoms with Crippen LogP contribution in [0.15, 0.2) is 60.8 Å². The van der Waals surface area contributed by atoms with Gasteiger partial charge in [-0.15, -0.1) is 0 Å². The molecule has 0 aliphatic heterocycles. The van der Waals surface area contributed by atoms with Crippen molar-refractivity contribution in [3.05, 3.63) is 66.4 Å². The van der Waals surface area contributed by atoms with Gasteiger partial charge >= 0.3 is 0 Å². The number of carbonyl (C=O) groups is 1. The number of pyridine rings is 1. The first-order valence-corrected chi connectivity index (χ1v) is 6.77. The lowest BCUT2D eigenvalue weighted by atomic mass is 9.98. The highest BCUT2D eigenvalue weighted by molar-refractivity contribution is 5.98. The van der Waals surface area contributed by atoms with Crippen LogP contribution in [0.2, 0.25) is 0 Å². The second-order valence-corrected chi connectivity index (χ2v) is 4.73. The average Bonchev–Trinajstić information content (AvgIpc) is 2.54. The minimum absolute atomic E-state index is 0.177. The molecule has 98 valence electrons. The van der Waals surface area contributed by atoms with Crippen molar-refractivity contribution in [3.8, 4) is 11.1 Å². The molecule has 0 fully saturated rings. The molecule has 1 heterocycles. The van der Waals surface area contributed by atoms with Crippen molar-refractivity contribution >= 4 is 16.7 Å². The molecule has 0 aliphatic rings. The summed E-state index contributed by atoms with van der Waals surface area (Å²) < 4.78 is 0. The molecule has 0 N–H and O–H groups in total. The van der Waals surface area contributed by atoms with Gasteiger partial charge in [0.1, 0.15) is 0 Å². The molecule has 0 unspecified atom stereocenters. The first kappa shape index (κ1) is 12.5. The topological polar surface area (TPSA) is 30.0 Å². The van der Waals surface area contributed by atoms with Crippen LogP contribution in [0, 0.1) is 0 Å². The molecule has 2 nitrogen and oxygen atoms in total. The molecule has 20 heavy (non-hydrogen) atoms. The largest absolute Gasteiger partial charge is 0.294 e. The van der Waals surface area contributed by atoms with Crippen LogP contribution < -0.4 is 0 Å². The van der Waals surface area contributed by atoms with Gasteiger partial charge in [-0.1, -0.05) is 49.4 Å². The van der Waals surface area contributed by atoms with Crippen LogP contribution in [0.4, 0.5) is 0 Å². The molecule has 0 saturated carbocycles. The Bertz CT molecular complexity index is 754. The zero-order valence-corrected chi connectivity index (χ0v) is 11.3. The Labute approximate surface area is 118 Å². The maximum Gasteiger partial charge on any atom is 0.162 e. The molecule has 0 bridgehead atoms. The number of hydrogen-bond acceptors (Lipinski definition) is 2. The number of hydrogen-bond donors (Lipinski definition) is 0. The second kappa shape index (κ2) is 5.25. The molecule has 3 aromatic rings. The zero-order chi connectivity index (χ0) is 13.9. The summed E-state index contributed by atoms with van der Waals surface area (Å²) in [4.78, 5) is 16.0. The Morgan fingerprint density at radius 2 is 1.80 bits per heavy atom. The van der Waals surface area contributed by atoms with Crippen LogP contribution in [0.3, 0.4) is 0 Å². The fourth-order valence-electron chi connectivity index (χ4n) is 2.39. The predicted octanol–water partition coefficient (Wildman–Crippen LogP) is 4.49. The second-order valence-electron chi connectivity index (χ2n) is 4.73. The molecule has 0 atom stereocenters. The molecule has 0 amide bonds. The van der Waals surface area contributed by atoms with Crippen molar-refractivity contribution < 1.29 is 4.79 Å². The van der Waals surface area contributed by atoms with E-state index < -0.39 is 0 Å². The SMILES string of the molecule is CCC(=O)c1ccc(-c2cccc3ncccc23)cc1. The normalized spacial score (nSPS) is 10.7. The van der Waals surface area contributed by atoms with Crippen molar-refractivity contribution in [1.29, 1.82) is 0 Å². The monoisotopic (exact) mass is 261 g/mol. The van der Waals surface area contributed by atoms with Crippen molar-refractivity contribution in [2.24, 2.45) is 0 Å². The highest BCUT2D eigenvalue weighted by atomic mass is 16.1. The molecule has 2 heteroatoms. The summed E-state index contributed by atoms with van der Waals surface area (Å²) >= 11 is 0. The Morgan fingerprint density at radius 3 is 2.55 bits per heavy atom. The maximum atomic E-state index is 11.7. The number of benzene rings is 2. The number of ketones is 1. The zero-order valence-electron chi connectivity index (χ0n) is 11.3. The van der Waals surface area contributed by atoms with E-state index in [1.807, 2.05) is 49.4 Å². The maximum absolute atomic E-state index is 11.7. The van der Waals surface area contributed by atoms with Gasteiger partial charge in [0.15, 0.2) is 5.78 Å². The number of fused-ring (bicyclic) bond motifs is 1.